The minimum atomic E-state index is 0.891. The summed E-state index contributed by atoms with van der Waals surface area (Å²) in [5.41, 5.74) is 0. The summed E-state index contributed by atoms with van der Waals surface area (Å²) in [6, 6.07) is 0. The average Bonchev–Trinajstić information content (AvgIpc) is 3.09. The molecule has 0 radical (unpaired) electrons. The van der Waals surface area contributed by atoms with Gasteiger partial charge in [-0.2, -0.15) is 11.8 Å². The van der Waals surface area contributed by atoms with Crippen molar-refractivity contribution >= 4 is 11.8 Å². The largest absolute Gasteiger partial charge is 0.315 e. The molecule has 15 heavy (non-hydrogen) atoms. The smallest absolute Gasteiger partial charge is 0.0172 e. The quantitative estimate of drug-likeness (QED) is 0.698. The van der Waals surface area contributed by atoms with Gasteiger partial charge in [0.25, 0.3) is 0 Å². The van der Waals surface area contributed by atoms with Crippen molar-refractivity contribution < 1.29 is 0 Å². The molecule has 1 N–H and O–H groups in total. The summed E-state index contributed by atoms with van der Waals surface area (Å²) < 4.78 is 0. The van der Waals surface area contributed by atoms with Crippen molar-refractivity contribution in [2.24, 2.45) is 5.92 Å². The second-order valence-electron chi connectivity index (χ2n) is 4.85. The van der Waals surface area contributed by atoms with E-state index in [9.17, 15) is 0 Å². The average molecular weight is 228 g/mol. The van der Waals surface area contributed by atoms with Gasteiger partial charge in [-0.25, -0.2) is 0 Å². The fourth-order valence-corrected chi connectivity index (χ4v) is 3.34. The van der Waals surface area contributed by atoms with Crippen LogP contribution in [0.3, 0.4) is 0 Å². The van der Waals surface area contributed by atoms with E-state index in [1.54, 1.807) is 0 Å². The van der Waals surface area contributed by atoms with Gasteiger partial charge in [-0.1, -0.05) is 6.92 Å². The molecule has 2 aliphatic rings. The molecular weight excluding hydrogens is 204 g/mol. The van der Waals surface area contributed by atoms with Crippen molar-refractivity contribution in [1.82, 2.24) is 10.2 Å². The Hall–Kier alpha value is 0.270. The zero-order valence-electron chi connectivity index (χ0n) is 9.87. The predicted molar refractivity (Wildman–Crippen MR) is 68.6 cm³/mol. The summed E-state index contributed by atoms with van der Waals surface area (Å²) in [5, 5.41) is 4.47. The van der Waals surface area contributed by atoms with E-state index in [0.717, 1.165) is 11.2 Å². The van der Waals surface area contributed by atoms with E-state index in [1.807, 2.05) is 0 Å². The van der Waals surface area contributed by atoms with E-state index in [0.29, 0.717) is 0 Å². The Bertz CT molecular complexity index is 182. The van der Waals surface area contributed by atoms with E-state index < -0.39 is 0 Å². The van der Waals surface area contributed by atoms with Gasteiger partial charge in [0.05, 0.1) is 0 Å². The topological polar surface area (TPSA) is 15.3 Å². The Kier molecular flexibility index (Phi) is 4.79. The summed E-state index contributed by atoms with van der Waals surface area (Å²) in [4.78, 5) is 2.63. The van der Waals surface area contributed by atoms with Gasteiger partial charge in [0, 0.05) is 37.2 Å². The summed E-state index contributed by atoms with van der Waals surface area (Å²) >= 11 is 2.16. The molecule has 1 aliphatic carbocycles. The molecule has 2 nitrogen and oxygen atoms in total. The normalized spacial score (nSPS) is 28.2. The number of hydrogen-bond acceptors (Lipinski definition) is 3. The molecular formula is C12H24N2S. The van der Waals surface area contributed by atoms with Crippen molar-refractivity contribution in [3.05, 3.63) is 0 Å². The first-order chi connectivity index (χ1) is 7.38. The lowest BCUT2D eigenvalue weighted by Crippen LogP contribution is -2.41. The third-order valence-electron chi connectivity index (χ3n) is 3.41. The Morgan fingerprint density at radius 1 is 1.40 bits per heavy atom. The molecule has 2 rings (SSSR count). The molecule has 1 saturated carbocycles. The van der Waals surface area contributed by atoms with Crippen LogP contribution in [-0.4, -0.2) is 48.6 Å². The lowest BCUT2D eigenvalue weighted by Gasteiger charge is -2.31. The molecule has 0 aromatic carbocycles. The Morgan fingerprint density at radius 2 is 2.27 bits per heavy atom. The lowest BCUT2D eigenvalue weighted by molar-refractivity contribution is 0.280. The van der Waals surface area contributed by atoms with E-state index in [-0.39, 0.29) is 0 Å². The van der Waals surface area contributed by atoms with Crippen LogP contribution < -0.4 is 5.32 Å². The van der Waals surface area contributed by atoms with Gasteiger partial charge in [-0.3, -0.25) is 0 Å². The van der Waals surface area contributed by atoms with Gasteiger partial charge in [-0.15, -0.1) is 0 Å². The first-order valence-electron chi connectivity index (χ1n) is 6.43. The van der Waals surface area contributed by atoms with Crippen molar-refractivity contribution in [2.75, 3.05) is 38.5 Å². The molecule has 1 unspecified atom stereocenters. The van der Waals surface area contributed by atoms with Gasteiger partial charge in [-0.05, 0) is 31.7 Å². The van der Waals surface area contributed by atoms with Crippen LogP contribution in [0.1, 0.15) is 26.2 Å². The molecule has 2 fully saturated rings. The molecule has 0 bridgehead atoms. The Labute approximate surface area is 98.2 Å². The van der Waals surface area contributed by atoms with E-state index in [1.165, 1.54) is 57.7 Å². The molecule has 1 saturated heterocycles. The molecule has 3 heteroatoms. The number of rotatable bonds is 6. The maximum atomic E-state index is 3.58. The van der Waals surface area contributed by atoms with Crippen LogP contribution in [0.15, 0.2) is 0 Å². The summed E-state index contributed by atoms with van der Waals surface area (Å²) in [6.07, 6.45) is 4.26. The van der Waals surface area contributed by atoms with Gasteiger partial charge in [0.2, 0.25) is 0 Å². The van der Waals surface area contributed by atoms with Crippen LogP contribution in [0, 0.1) is 5.92 Å². The predicted octanol–water partition coefficient (Wildman–Crippen LogP) is 1.81. The lowest BCUT2D eigenvalue weighted by atomic mass is 10.3. The van der Waals surface area contributed by atoms with Crippen LogP contribution in [-0.2, 0) is 0 Å². The second kappa shape index (κ2) is 6.12. The fraction of sp³-hybridized carbons (Fsp3) is 1.00. The highest BCUT2D eigenvalue weighted by atomic mass is 32.2. The zero-order chi connectivity index (χ0) is 10.5. The molecule has 0 spiro atoms. The van der Waals surface area contributed by atoms with Crippen LogP contribution in [0.4, 0.5) is 0 Å². The maximum absolute atomic E-state index is 3.58. The third-order valence-corrected chi connectivity index (χ3v) is 4.79. The van der Waals surface area contributed by atoms with Crippen LogP contribution >= 0.6 is 11.8 Å². The molecule has 1 atom stereocenters. The first-order valence-corrected chi connectivity index (χ1v) is 7.48. The van der Waals surface area contributed by atoms with Crippen LogP contribution in [0.2, 0.25) is 0 Å². The maximum Gasteiger partial charge on any atom is 0.0172 e. The zero-order valence-corrected chi connectivity index (χ0v) is 10.7. The van der Waals surface area contributed by atoms with Gasteiger partial charge in [0.15, 0.2) is 0 Å². The highest BCUT2D eigenvalue weighted by molar-refractivity contribution is 8.00. The standard InChI is InChI=1S/C12H24N2S/c1-2-12-10-14(7-8-15-12)6-5-13-9-11-3-4-11/h11-13H,2-10H2,1H3. The Morgan fingerprint density at radius 3 is 3.00 bits per heavy atom. The summed E-state index contributed by atoms with van der Waals surface area (Å²) in [7, 11) is 0. The molecule has 1 heterocycles. The SMILES string of the molecule is CCC1CN(CCNCC2CC2)CCS1. The molecule has 88 valence electrons. The summed E-state index contributed by atoms with van der Waals surface area (Å²) in [5.74, 6) is 2.35. The van der Waals surface area contributed by atoms with Gasteiger partial charge < -0.3 is 10.2 Å². The number of nitrogens with zero attached hydrogens (tertiary/aromatic N) is 1. The van der Waals surface area contributed by atoms with Crippen molar-refractivity contribution in [3.8, 4) is 0 Å². The third kappa shape index (κ3) is 4.33. The molecule has 0 aromatic rings. The minimum Gasteiger partial charge on any atom is -0.315 e. The van der Waals surface area contributed by atoms with Crippen LogP contribution in [0.25, 0.3) is 0 Å². The molecule has 0 amide bonds. The summed E-state index contributed by atoms with van der Waals surface area (Å²) in [6.45, 7) is 8.63. The molecule has 1 aliphatic heterocycles. The van der Waals surface area contributed by atoms with Crippen molar-refractivity contribution in [2.45, 2.75) is 31.4 Å². The highest BCUT2D eigenvalue weighted by Gasteiger charge is 2.21. The Balaban J connectivity index is 1.52. The monoisotopic (exact) mass is 228 g/mol. The second-order valence-corrected chi connectivity index (χ2v) is 6.26. The number of hydrogen-bond donors (Lipinski definition) is 1. The van der Waals surface area contributed by atoms with Crippen molar-refractivity contribution in [1.29, 1.82) is 0 Å². The van der Waals surface area contributed by atoms with E-state index in [4.69, 9.17) is 0 Å². The van der Waals surface area contributed by atoms with Gasteiger partial charge >= 0.3 is 0 Å². The highest BCUT2D eigenvalue weighted by Crippen LogP contribution is 2.27. The van der Waals surface area contributed by atoms with Gasteiger partial charge in [0.1, 0.15) is 0 Å². The van der Waals surface area contributed by atoms with Crippen molar-refractivity contribution in [3.63, 3.8) is 0 Å². The van der Waals surface area contributed by atoms with E-state index >= 15 is 0 Å². The minimum absolute atomic E-state index is 0.891. The van der Waals surface area contributed by atoms with E-state index in [2.05, 4.69) is 28.9 Å². The number of thioether (sulfide) groups is 1. The van der Waals surface area contributed by atoms with Crippen LogP contribution in [0.5, 0.6) is 0 Å². The molecule has 0 aromatic heterocycles. The fourth-order valence-electron chi connectivity index (χ4n) is 2.10. The number of nitrogens with one attached hydrogen (secondary N) is 1. The first kappa shape index (κ1) is 11.7.